The summed E-state index contributed by atoms with van der Waals surface area (Å²) >= 11 is 0. The second kappa shape index (κ2) is 17.2. The average molecular weight is 881 g/mol. The van der Waals surface area contributed by atoms with E-state index in [9.17, 15) is 5.11 Å². The molecule has 0 aliphatic rings. The summed E-state index contributed by atoms with van der Waals surface area (Å²) in [5.74, 6) is 1.20. The minimum atomic E-state index is -3.37. The van der Waals surface area contributed by atoms with Crippen LogP contribution in [0, 0.1) is 5.92 Å². The third kappa shape index (κ3) is 9.38. The van der Waals surface area contributed by atoms with E-state index in [1.807, 2.05) is 12.1 Å². The molecular weight excluding hydrogens is 803 g/mol. The van der Waals surface area contributed by atoms with Gasteiger partial charge in [0.1, 0.15) is 11.6 Å². The topological polar surface area (TPSA) is 50.9 Å². The van der Waals surface area contributed by atoms with Gasteiger partial charge >= 0.3 is 0 Å². The molecule has 8 aromatic rings. The van der Waals surface area contributed by atoms with Gasteiger partial charge in [-0.2, -0.15) is 0 Å². The number of aromatic hydroxyl groups is 1. The molecule has 0 saturated carbocycles. The van der Waals surface area contributed by atoms with Crippen molar-refractivity contribution in [2.24, 2.45) is 5.92 Å². The minimum absolute atomic E-state index is 0.195. The first-order chi connectivity index (χ1) is 34.7. The average Bonchev–Trinajstić information content (AvgIpc) is 3.69. The van der Waals surface area contributed by atoms with Crippen molar-refractivity contribution in [3.8, 4) is 67.5 Å². The summed E-state index contributed by atoms with van der Waals surface area (Å²) in [7, 11) is 0. The van der Waals surface area contributed by atoms with Gasteiger partial charge in [0, 0.05) is 40.9 Å². The molecule has 0 unspecified atom stereocenters. The number of aromatic nitrogens is 3. The summed E-state index contributed by atoms with van der Waals surface area (Å²) in [6, 6.07) is 43.5. The van der Waals surface area contributed by atoms with Gasteiger partial charge in [0.15, 0.2) is 0 Å². The van der Waals surface area contributed by atoms with E-state index in [1.54, 1.807) is 24.4 Å². The minimum Gasteiger partial charge on any atom is -0.507 e. The fraction of sp³-hybridized carbons (Fsp3) is 0.323. The number of nitrogens with zero attached hydrogens (tertiary/aromatic N) is 3. The Labute approximate surface area is 407 Å². The normalized spacial score (nSPS) is 15.2. The molecule has 0 fully saturated rings. The van der Waals surface area contributed by atoms with E-state index >= 15 is 0 Å². The van der Waals surface area contributed by atoms with Crippen LogP contribution in [0.5, 0.6) is 5.75 Å². The van der Waals surface area contributed by atoms with Gasteiger partial charge in [0.05, 0.1) is 22.3 Å². The van der Waals surface area contributed by atoms with Crippen LogP contribution in [-0.2, 0) is 28.1 Å². The number of phenolic OH excluding ortho intramolecular Hbond substituents is 1. The molecule has 0 amide bonds. The van der Waals surface area contributed by atoms with Crippen molar-refractivity contribution in [3.63, 3.8) is 0 Å². The first-order valence-electron chi connectivity index (χ1n) is 27.5. The Kier molecular flexibility index (Phi) is 9.36. The van der Waals surface area contributed by atoms with Crippen LogP contribution in [0.1, 0.15) is 137 Å². The number of rotatable bonds is 8. The predicted molar refractivity (Wildman–Crippen MR) is 281 cm³/mol. The molecule has 66 heavy (non-hydrogen) atoms. The molecule has 0 bridgehead atoms. The van der Waals surface area contributed by atoms with Crippen molar-refractivity contribution in [2.75, 3.05) is 0 Å². The maximum atomic E-state index is 12.5. The predicted octanol–water partition coefficient (Wildman–Crippen LogP) is 16.8. The van der Waals surface area contributed by atoms with Gasteiger partial charge in [0.25, 0.3) is 0 Å². The molecule has 6 aromatic carbocycles. The van der Waals surface area contributed by atoms with Crippen molar-refractivity contribution < 1.29 is 17.4 Å². The second-order valence-electron chi connectivity index (χ2n) is 21.5. The monoisotopic (exact) mass is 881 g/mol. The van der Waals surface area contributed by atoms with Crippen molar-refractivity contribution in [3.05, 3.63) is 167 Å². The summed E-state index contributed by atoms with van der Waals surface area (Å²) in [6.07, 6.45) is 2.54. The maximum absolute atomic E-state index is 12.5. The van der Waals surface area contributed by atoms with E-state index < -0.39 is 26.0 Å². The van der Waals surface area contributed by atoms with Crippen LogP contribution in [-0.4, -0.2) is 19.6 Å². The van der Waals surface area contributed by atoms with Gasteiger partial charge in [-0.25, -0.2) is 4.98 Å². The van der Waals surface area contributed by atoms with Crippen LogP contribution in [0.4, 0.5) is 0 Å². The zero-order valence-corrected chi connectivity index (χ0v) is 40.4. The molecule has 2 heterocycles. The molecule has 2 aromatic heterocycles. The largest absolute Gasteiger partial charge is 0.507 e. The van der Waals surface area contributed by atoms with E-state index in [0.717, 1.165) is 62.1 Å². The molecule has 338 valence electrons. The molecule has 4 heteroatoms. The molecule has 0 aliphatic heterocycles. The number of hydrogen-bond donors (Lipinski definition) is 1. The van der Waals surface area contributed by atoms with Gasteiger partial charge in [-0.3, -0.25) is 9.55 Å². The quantitative estimate of drug-likeness (QED) is 0.165. The van der Waals surface area contributed by atoms with Gasteiger partial charge in [-0.1, -0.05) is 182 Å². The van der Waals surface area contributed by atoms with Gasteiger partial charge in [0.2, 0.25) is 0 Å². The highest BCUT2D eigenvalue weighted by molar-refractivity contribution is 5.97. The third-order valence-electron chi connectivity index (χ3n) is 12.6. The zero-order chi connectivity index (χ0) is 55.0. The van der Waals surface area contributed by atoms with Crippen LogP contribution in [0.2, 0.25) is 0 Å². The highest BCUT2D eigenvalue weighted by Gasteiger charge is 2.29. The number of phenols is 1. The lowest BCUT2D eigenvalue weighted by Gasteiger charge is -2.27. The van der Waals surface area contributed by atoms with Gasteiger partial charge < -0.3 is 5.11 Å². The van der Waals surface area contributed by atoms with Crippen molar-refractivity contribution in [2.45, 2.75) is 125 Å². The fourth-order valence-electron chi connectivity index (χ4n) is 8.86. The number of benzene rings is 6. The number of imidazole rings is 1. The second-order valence-corrected chi connectivity index (χ2v) is 21.5. The highest BCUT2D eigenvalue weighted by atomic mass is 16.3. The Balaban J connectivity index is 1.35. The Morgan fingerprint density at radius 3 is 1.88 bits per heavy atom. The van der Waals surface area contributed by atoms with Crippen molar-refractivity contribution in [1.29, 1.82) is 0 Å². The van der Waals surface area contributed by atoms with Gasteiger partial charge in [-0.05, 0) is 133 Å². The Hall–Kier alpha value is -6.26. The summed E-state index contributed by atoms with van der Waals surface area (Å²) in [4.78, 5) is 10.5. The zero-order valence-electron chi connectivity index (χ0n) is 49.4. The van der Waals surface area contributed by atoms with E-state index in [0.29, 0.717) is 34.1 Å². The summed E-state index contributed by atoms with van der Waals surface area (Å²) in [5.41, 5.74) is 9.99. The smallest absolute Gasteiger partial charge is 0.149 e. The van der Waals surface area contributed by atoms with Crippen LogP contribution in [0.25, 0.3) is 72.7 Å². The lowest BCUT2D eigenvalue weighted by molar-refractivity contribution is 0.446. The fourth-order valence-corrected chi connectivity index (χ4v) is 8.86. The lowest BCUT2D eigenvalue weighted by Crippen LogP contribution is -2.17. The molecule has 0 radical (unpaired) electrons. The standard InChI is InChI=1S/C62H69N3O/c1-39(2)31-43-35-49(27-28-50(43)41-19-16-15-17-20-41)65-55-22-18-21-51(56(55)64-58(65)52-37-48(61(9,10)11)38-53(57(52)66)62(12,13)14)44-32-45(34-47(33-44)60(6,7)8)54-36-42(29-30-63-54)40-23-25-46(26-24-40)59(3,4)5/h15-30,32-39,66H,31H2,1-14H3/i3D3,4D3,5D3. The Morgan fingerprint density at radius 2 is 1.23 bits per heavy atom. The molecule has 0 spiro atoms. The summed E-state index contributed by atoms with van der Waals surface area (Å²) in [5, 5.41) is 12.5. The maximum Gasteiger partial charge on any atom is 0.149 e. The molecular formula is C62H69N3O. The van der Waals surface area contributed by atoms with Crippen molar-refractivity contribution >= 4 is 11.0 Å². The van der Waals surface area contributed by atoms with Crippen LogP contribution in [0.15, 0.2) is 140 Å². The SMILES string of the molecule is [2H]C([2H])([2H])C(c1ccc(-c2ccnc(-c3cc(-c4cccc5c4nc(-c4cc(C(C)(C)C)cc(C(C)(C)C)c4O)n5-c4ccc(-c5ccccc5)c(CC(C)C)c4)cc(C(C)(C)C)c3)c2)cc1)(C([2H])([2H])[2H])C([2H])([2H])[2H]. The van der Waals surface area contributed by atoms with E-state index in [2.05, 4.69) is 172 Å². The molecule has 0 saturated heterocycles. The Morgan fingerprint density at radius 1 is 0.545 bits per heavy atom. The van der Waals surface area contributed by atoms with Crippen LogP contribution >= 0.6 is 0 Å². The van der Waals surface area contributed by atoms with Crippen LogP contribution in [0.3, 0.4) is 0 Å². The summed E-state index contributed by atoms with van der Waals surface area (Å²) in [6.45, 7) is 13.8. The Bertz CT molecular complexity index is 3360. The van der Waals surface area contributed by atoms with E-state index in [4.69, 9.17) is 22.3 Å². The molecule has 0 aliphatic carbocycles. The third-order valence-corrected chi connectivity index (χ3v) is 12.6. The lowest BCUT2D eigenvalue weighted by atomic mass is 9.79. The number of hydrogen-bond acceptors (Lipinski definition) is 3. The highest BCUT2D eigenvalue weighted by Crippen LogP contribution is 2.45. The molecule has 1 N–H and O–H groups in total. The van der Waals surface area contributed by atoms with Crippen molar-refractivity contribution in [1.82, 2.24) is 14.5 Å². The number of para-hydroxylation sites is 1. The molecule has 4 nitrogen and oxygen atoms in total. The van der Waals surface area contributed by atoms with Gasteiger partial charge in [-0.15, -0.1) is 0 Å². The number of pyridine rings is 1. The summed E-state index contributed by atoms with van der Waals surface area (Å²) < 4.78 is 76.2. The first kappa shape index (κ1) is 35.9. The molecule has 8 rings (SSSR count). The van der Waals surface area contributed by atoms with E-state index in [1.165, 1.54) is 23.3 Å². The van der Waals surface area contributed by atoms with E-state index in [-0.39, 0.29) is 27.6 Å². The molecule has 0 atom stereocenters. The first-order valence-corrected chi connectivity index (χ1v) is 23.0. The number of fused-ring (bicyclic) bond motifs is 1. The van der Waals surface area contributed by atoms with Crippen LogP contribution < -0.4 is 0 Å².